The van der Waals surface area contributed by atoms with Crippen LogP contribution in [0.1, 0.15) is 15.9 Å². The molecule has 0 bridgehead atoms. The number of rotatable bonds is 8. The minimum Gasteiger partial charge on any atom is -0.490 e. The Balaban J connectivity index is 1.61. The number of esters is 1. The van der Waals surface area contributed by atoms with Crippen molar-refractivity contribution in [3.8, 4) is 5.75 Å². The van der Waals surface area contributed by atoms with E-state index >= 15 is 0 Å². The fourth-order valence-electron chi connectivity index (χ4n) is 2.35. The molecule has 0 unspecified atom stereocenters. The zero-order chi connectivity index (χ0) is 20.8. The summed E-state index contributed by atoms with van der Waals surface area (Å²) >= 11 is 1.09. The number of ether oxygens (including phenoxy) is 2. The van der Waals surface area contributed by atoms with Crippen LogP contribution in [-0.4, -0.2) is 38.9 Å². The molecule has 0 spiro atoms. The number of aromatic nitrogens is 3. The molecular weight excluding hydrogens is 396 g/mol. The molecule has 150 valence electrons. The van der Waals surface area contributed by atoms with Crippen molar-refractivity contribution >= 4 is 23.4 Å². The standard InChI is InChI=1S/C19H18N4O5S/c1-13-3-6-15(7-4-13)27-9-10-28-18(24)14-5-8-17(16(11-14)23(25)26)29-19-21-20-12-22(19)2/h3-8,11-12H,9-10H2,1-2H3. The highest BCUT2D eigenvalue weighted by Gasteiger charge is 2.20. The second-order valence-electron chi connectivity index (χ2n) is 6.06. The van der Waals surface area contributed by atoms with E-state index in [9.17, 15) is 14.9 Å². The van der Waals surface area contributed by atoms with Crippen molar-refractivity contribution in [3.05, 3.63) is 70.0 Å². The summed E-state index contributed by atoms with van der Waals surface area (Å²) in [5.41, 5.74) is 1.00. The lowest BCUT2D eigenvalue weighted by molar-refractivity contribution is -0.387. The molecule has 0 amide bonds. The maximum Gasteiger partial charge on any atom is 0.338 e. The average Bonchev–Trinajstić information content (AvgIpc) is 3.11. The molecule has 0 fully saturated rings. The van der Waals surface area contributed by atoms with E-state index in [1.54, 1.807) is 11.6 Å². The van der Waals surface area contributed by atoms with Gasteiger partial charge in [-0.05, 0) is 43.0 Å². The molecule has 9 nitrogen and oxygen atoms in total. The molecule has 1 aromatic heterocycles. The van der Waals surface area contributed by atoms with Crippen molar-refractivity contribution in [2.45, 2.75) is 17.0 Å². The van der Waals surface area contributed by atoms with E-state index in [-0.39, 0.29) is 24.5 Å². The van der Waals surface area contributed by atoms with Crippen LogP contribution >= 0.6 is 11.8 Å². The summed E-state index contributed by atoms with van der Waals surface area (Å²) in [6.45, 7) is 2.18. The molecule has 0 saturated carbocycles. The first-order valence-corrected chi connectivity index (χ1v) is 9.42. The third kappa shape index (κ3) is 5.32. The van der Waals surface area contributed by atoms with E-state index in [1.165, 1.54) is 24.5 Å². The van der Waals surface area contributed by atoms with Gasteiger partial charge >= 0.3 is 5.97 Å². The first kappa shape index (κ1) is 20.3. The molecule has 0 aliphatic carbocycles. The van der Waals surface area contributed by atoms with Gasteiger partial charge in [-0.2, -0.15) is 0 Å². The lowest BCUT2D eigenvalue weighted by Gasteiger charge is -2.08. The summed E-state index contributed by atoms with van der Waals surface area (Å²) in [5.74, 6) is 0.0169. The molecular formula is C19H18N4O5S. The molecule has 2 aromatic carbocycles. The minimum atomic E-state index is -0.657. The van der Waals surface area contributed by atoms with Crippen molar-refractivity contribution in [2.24, 2.45) is 7.05 Å². The number of aryl methyl sites for hydroxylation is 2. The quantitative estimate of drug-likeness (QED) is 0.239. The second-order valence-corrected chi connectivity index (χ2v) is 7.07. The number of nitro benzene ring substituents is 1. The predicted molar refractivity (Wildman–Crippen MR) is 105 cm³/mol. The van der Waals surface area contributed by atoms with Gasteiger partial charge in [-0.1, -0.05) is 17.7 Å². The SMILES string of the molecule is Cc1ccc(OCCOC(=O)c2ccc(Sc3nncn3C)c([N+](=O)[O-])c2)cc1. The van der Waals surface area contributed by atoms with E-state index in [0.717, 1.165) is 17.3 Å². The van der Waals surface area contributed by atoms with E-state index < -0.39 is 10.9 Å². The largest absolute Gasteiger partial charge is 0.490 e. The number of nitrogens with zero attached hydrogens (tertiary/aromatic N) is 4. The van der Waals surface area contributed by atoms with Gasteiger partial charge in [-0.15, -0.1) is 10.2 Å². The Morgan fingerprint density at radius 3 is 2.62 bits per heavy atom. The van der Waals surface area contributed by atoms with Crippen LogP contribution in [0.4, 0.5) is 5.69 Å². The molecule has 0 aliphatic rings. The Hall–Kier alpha value is -3.40. The topological polar surface area (TPSA) is 109 Å². The number of carbonyl (C=O) groups excluding carboxylic acids is 1. The number of nitro groups is 1. The van der Waals surface area contributed by atoms with Crippen molar-refractivity contribution in [1.29, 1.82) is 0 Å². The van der Waals surface area contributed by atoms with Gasteiger partial charge in [-0.3, -0.25) is 10.1 Å². The van der Waals surface area contributed by atoms with Gasteiger partial charge in [0.25, 0.3) is 5.69 Å². The number of carbonyl (C=O) groups is 1. The summed E-state index contributed by atoms with van der Waals surface area (Å²) < 4.78 is 12.3. The molecule has 0 saturated heterocycles. The Labute approximate surface area is 170 Å². The normalized spacial score (nSPS) is 10.6. The van der Waals surface area contributed by atoms with Crippen LogP contribution in [0.15, 0.2) is 58.8 Å². The lowest BCUT2D eigenvalue weighted by atomic mass is 10.2. The highest BCUT2D eigenvalue weighted by atomic mass is 32.2. The van der Waals surface area contributed by atoms with Gasteiger partial charge in [0.15, 0.2) is 5.16 Å². The van der Waals surface area contributed by atoms with E-state index in [1.807, 2.05) is 31.2 Å². The first-order chi connectivity index (χ1) is 13.9. The molecule has 0 aliphatic heterocycles. The number of hydrogen-bond donors (Lipinski definition) is 0. The zero-order valence-electron chi connectivity index (χ0n) is 15.8. The Morgan fingerprint density at radius 2 is 1.97 bits per heavy atom. The number of hydrogen-bond acceptors (Lipinski definition) is 8. The molecule has 0 radical (unpaired) electrons. The fourth-order valence-corrected chi connectivity index (χ4v) is 3.20. The second kappa shape index (κ2) is 9.20. The van der Waals surface area contributed by atoms with Crippen molar-refractivity contribution in [3.63, 3.8) is 0 Å². The van der Waals surface area contributed by atoms with Crippen molar-refractivity contribution < 1.29 is 19.2 Å². The minimum absolute atomic E-state index is 0.0238. The molecule has 3 rings (SSSR count). The van der Waals surface area contributed by atoms with Gasteiger partial charge in [0.05, 0.1) is 15.4 Å². The van der Waals surface area contributed by atoms with Crippen LogP contribution in [0.25, 0.3) is 0 Å². The maximum atomic E-state index is 12.2. The summed E-state index contributed by atoms with van der Waals surface area (Å²) in [6, 6.07) is 11.7. The van der Waals surface area contributed by atoms with Crippen LogP contribution in [-0.2, 0) is 11.8 Å². The predicted octanol–water partition coefficient (Wildman–Crippen LogP) is 3.42. The number of benzene rings is 2. The van der Waals surface area contributed by atoms with Crippen molar-refractivity contribution in [2.75, 3.05) is 13.2 Å². The first-order valence-electron chi connectivity index (χ1n) is 8.61. The molecule has 3 aromatic rings. The van der Waals surface area contributed by atoms with E-state index in [4.69, 9.17) is 9.47 Å². The van der Waals surface area contributed by atoms with Gasteiger partial charge in [0.2, 0.25) is 0 Å². The Morgan fingerprint density at radius 1 is 1.21 bits per heavy atom. The van der Waals surface area contributed by atoms with E-state index in [2.05, 4.69) is 10.2 Å². The van der Waals surface area contributed by atoms with Gasteiger partial charge in [-0.25, -0.2) is 4.79 Å². The fraction of sp³-hybridized carbons (Fsp3) is 0.211. The van der Waals surface area contributed by atoms with Crippen LogP contribution in [0.3, 0.4) is 0 Å². The summed E-state index contributed by atoms with van der Waals surface area (Å²) in [5, 5.41) is 19.6. The highest BCUT2D eigenvalue weighted by molar-refractivity contribution is 7.99. The average molecular weight is 414 g/mol. The van der Waals surface area contributed by atoms with Crippen molar-refractivity contribution in [1.82, 2.24) is 14.8 Å². The Kier molecular flexibility index (Phi) is 6.45. The zero-order valence-corrected chi connectivity index (χ0v) is 16.6. The maximum absolute atomic E-state index is 12.2. The summed E-state index contributed by atoms with van der Waals surface area (Å²) in [7, 11) is 1.73. The molecule has 10 heteroatoms. The molecule has 29 heavy (non-hydrogen) atoms. The molecule has 0 N–H and O–H groups in total. The smallest absolute Gasteiger partial charge is 0.338 e. The monoisotopic (exact) mass is 414 g/mol. The molecule has 0 atom stereocenters. The van der Waals surface area contributed by atoms with Crippen LogP contribution < -0.4 is 4.74 Å². The third-order valence-corrected chi connectivity index (χ3v) is 4.99. The van der Waals surface area contributed by atoms with Gasteiger partial charge in [0.1, 0.15) is 25.3 Å². The Bertz CT molecular complexity index is 1020. The van der Waals surface area contributed by atoms with Gasteiger partial charge < -0.3 is 14.0 Å². The highest BCUT2D eigenvalue weighted by Crippen LogP contribution is 2.34. The van der Waals surface area contributed by atoms with Gasteiger partial charge in [0, 0.05) is 13.1 Å². The third-order valence-electron chi connectivity index (χ3n) is 3.87. The van der Waals surface area contributed by atoms with Crippen LogP contribution in [0.2, 0.25) is 0 Å². The van der Waals surface area contributed by atoms with E-state index in [0.29, 0.717) is 15.8 Å². The molecule has 1 heterocycles. The lowest BCUT2D eigenvalue weighted by Crippen LogP contribution is -2.12. The summed E-state index contributed by atoms with van der Waals surface area (Å²) in [4.78, 5) is 23.5. The van der Waals surface area contributed by atoms with Crippen LogP contribution in [0, 0.1) is 17.0 Å². The summed E-state index contributed by atoms with van der Waals surface area (Å²) in [6.07, 6.45) is 1.50. The van der Waals surface area contributed by atoms with Crippen LogP contribution in [0.5, 0.6) is 5.75 Å².